The average Bonchev–Trinajstić information content (AvgIpc) is 2.62. The number of aryl methyl sites for hydroxylation is 1. The van der Waals surface area contributed by atoms with Gasteiger partial charge in [0.2, 0.25) is 0 Å². The van der Waals surface area contributed by atoms with Crippen molar-refractivity contribution in [2.24, 2.45) is 0 Å². The fraction of sp³-hybridized carbons (Fsp3) is 0.350. The average molecular weight is 360 g/mol. The second kappa shape index (κ2) is 8.27. The van der Waals surface area contributed by atoms with Crippen molar-refractivity contribution in [1.29, 1.82) is 0 Å². The number of benzene rings is 2. The van der Waals surface area contributed by atoms with Crippen molar-refractivity contribution < 1.29 is 18.3 Å². The maximum absolute atomic E-state index is 12.7. The van der Waals surface area contributed by atoms with Gasteiger partial charge in [-0.05, 0) is 24.6 Å². The molecule has 0 atom stereocenters. The Kier molecular flexibility index (Phi) is 5.83. The summed E-state index contributed by atoms with van der Waals surface area (Å²) < 4.78 is 29.6. The highest BCUT2D eigenvalue weighted by Crippen LogP contribution is 2.22. The number of halogens is 2. The molecule has 0 saturated carbocycles. The highest BCUT2D eigenvalue weighted by Gasteiger charge is 2.25. The van der Waals surface area contributed by atoms with E-state index in [2.05, 4.69) is 34.8 Å². The third-order valence-corrected chi connectivity index (χ3v) is 4.48. The molecular weight excluding hydrogens is 338 g/mol. The molecule has 1 saturated heterocycles. The third kappa shape index (κ3) is 4.58. The minimum absolute atomic E-state index is 0.0744. The molecule has 2 aromatic rings. The van der Waals surface area contributed by atoms with E-state index in [9.17, 15) is 13.6 Å². The molecule has 0 radical (unpaired) electrons. The number of ether oxygens (including phenoxy) is 1. The molecule has 0 N–H and O–H groups in total. The Hall–Kier alpha value is -2.47. The van der Waals surface area contributed by atoms with Gasteiger partial charge in [-0.25, -0.2) is 0 Å². The molecule has 1 fully saturated rings. The first kappa shape index (κ1) is 18.3. The number of para-hydroxylation sites is 1. The van der Waals surface area contributed by atoms with E-state index in [0.29, 0.717) is 13.1 Å². The molecule has 0 aromatic heterocycles. The highest BCUT2D eigenvalue weighted by atomic mass is 19.3. The van der Waals surface area contributed by atoms with Crippen LogP contribution in [-0.2, 0) is 6.54 Å². The molecule has 1 aliphatic rings. The number of carbonyl (C=O) groups is 1. The lowest BCUT2D eigenvalue weighted by atomic mass is 10.1. The first-order valence-corrected chi connectivity index (χ1v) is 8.64. The smallest absolute Gasteiger partial charge is 0.387 e. The first-order valence-electron chi connectivity index (χ1n) is 8.64. The number of rotatable bonds is 5. The van der Waals surface area contributed by atoms with Gasteiger partial charge in [0.25, 0.3) is 5.91 Å². The zero-order valence-electron chi connectivity index (χ0n) is 14.7. The van der Waals surface area contributed by atoms with Crippen LogP contribution in [0.4, 0.5) is 8.78 Å². The van der Waals surface area contributed by atoms with E-state index in [0.717, 1.165) is 19.6 Å². The summed E-state index contributed by atoms with van der Waals surface area (Å²) in [6.07, 6.45) is 0. The van der Waals surface area contributed by atoms with E-state index >= 15 is 0 Å². The molecule has 2 aromatic carbocycles. The van der Waals surface area contributed by atoms with Gasteiger partial charge in [0.15, 0.2) is 0 Å². The zero-order valence-corrected chi connectivity index (χ0v) is 14.7. The number of piperazine rings is 1. The van der Waals surface area contributed by atoms with Crippen LogP contribution in [-0.4, -0.2) is 48.5 Å². The summed E-state index contributed by atoms with van der Waals surface area (Å²) in [5.74, 6) is -0.342. The summed E-state index contributed by atoms with van der Waals surface area (Å²) in [5.41, 5.74) is 2.66. The van der Waals surface area contributed by atoms with Gasteiger partial charge in [0.1, 0.15) is 5.75 Å². The molecule has 1 amide bonds. The van der Waals surface area contributed by atoms with Crippen LogP contribution in [0.5, 0.6) is 5.75 Å². The summed E-state index contributed by atoms with van der Waals surface area (Å²) in [7, 11) is 0. The fourth-order valence-corrected chi connectivity index (χ4v) is 3.19. The molecule has 1 aliphatic heterocycles. The zero-order chi connectivity index (χ0) is 18.5. The van der Waals surface area contributed by atoms with E-state index in [4.69, 9.17) is 0 Å². The normalized spacial score (nSPS) is 15.3. The van der Waals surface area contributed by atoms with Crippen molar-refractivity contribution in [3.05, 3.63) is 65.2 Å². The quantitative estimate of drug-likeness (QED) is 0.817. The maximum Gasteiger partial charge on any atom is 0.387 e. The minimum Gasteiger partial charge on any atom is -0.434 e. The Bertz CT molecular complexity index is 759. The minimum atomic E-state index is -2.95. The van der Waals surface area contributed by atoms with Crippen LogP contribution < -0.4 is 4.74 Å². The van der Waals surface area contributed by atoms with Gasteiger partial charge in [-0.15, -0.1) is 0 Å². The molecule has 26 heavy (non-hydrogen) atoms. The number of carbonyl (C=O) groups excluding carboxylic acids is 1. The van der Waals surface area contributed by atoms with Crippen LogP contribution in [0.2, 0.25) is 0 Å². The van der Waals surface area contributed by atoms with Gasteiger partial charge in [0, 0.05) is 32.7 Å². The van der Waals surface area contributed by atoms with E-state index in [1.54, 1.807) is 17.0 Å². The lowest BCUT2D eigenvalue weighted by Crippen LogP contribution is -2.48. The summed E-state index contributed by atoms with van der Waals surface area (Å²) in [4.78, 5) is 16.7. The molecule has 0 spiro atoms. The molecule has 138 valence electrons. The van der Waals surface area contributed by atoms with Crippen molar-refractivity contribution in [2.75, 3.05) is 26.2 Å². The molecule has 6 heteroatoms. The number of hydrogen-bond donors (Lipinski definition) is 0. The Morgan fingerprint density at radius 3 is 2.50 bits per heavy atom. The van der Waals surface area contributed by atoms with Crippen LogP contribution in [0.1, 0.15) is 21.5 Å². The molecule has 0 aliphatic carbocycles. The third-order valence-electron chi connectivity index (χ3n) is 4.48. The van der Waals surface area contributed by atoms with Gasteiger partial charge >= 0.3 is 6.61 Å². The van der Waals surface area contributed by atoms with Crippen molar-refractivity contribution >= 4 is 5.91 Å². The van der Waals surface area contributed by atoms with Gasteiger partial charge in [-0.1, -0.05) is 42.0 Å². The van der Waals surface area contributed by atoms with E-state index in [1.165, 1.54) is 23.3 Å². The monoisotopic (exact) mass is 360 g/mol. The van der Waals surface area contributed by atoms with Crippen molar-refractivity contribution in [2.45, 2.75) is 20.1 Å². The SMILES string of the molecule is Cc1cccc(CN2CCN(C(=O)c3ccccc3OC(F)F)CC2)c1. The van der Waals surface area contributed by atoms with E-state index in [-0.39, 0.29) is 17.2 Å². The maximum atomic E-state index is 12.7. The summed E-state index contributed by atoms with van der Waals surface area (Å²) in [5, 5.41) is 0. The topological polar surface area (TPSA) is 32.8 Å². The Balaban J connectivity index is 1.60. The lowest BCUT2D eigenvalue weighted by Gasteiger charge is -2.35. The number of hydrogen-bond acceptors (Lipinski definition) is 3. The molecule has 4 nitrogen and oxygen atoms in total. The largest absolute Gasteiger partial charge is 0.434 e. The van der Waals surface area contributed by atoms with Gasteiger partial charge in [-0.2, -0.15) is 8.78 Å². The van der Waals surface area contributed by atoms with Crippen LogP contribution in [0.3, 0.4) is 0 Å². The van der Waals surface area contributed by atoms with Crippen LogP contribution in [0.25, 0.3) is 0 Å². The van der Waals surface area contributed by atoms with Gasteiger partial charge in [-0.3, -0.25) is 9.69 Å². The summed E-state index contributed by atoms with van der Waals surface area (Å²) in [6, 6.07) is 14.5. The predicted octanol–water partition coefficient (Wildman–Crippen LogP) is 3.55. The first-order chi connectivity index (χ1) is 12.5. The molecule has 0 bridgehead atoms. The van der Waals surface area contributed by atoms with E-state index in [1.807, 2.05) is 6.07 Å². The molecule has 0 unspecified atom stereocenters. The fourth-order valence-electron chi connectivity index (χ4n) is 3.19. The molecular formula is C20H22F2N2O2. The Morgan fingerprint density at radius 2 is 1.81 bits per heavy atom. The van der Waals surface area contributed by atoms with Crippen molar-refractivity contribution in [1.82, 2.24) is 9.80 Å². The second-order valence-corrected chi connectivity index (χ2v) is 6.43. The van der Waals surface area contributed by atoms with Crippen molar-refractivity contribution in [3.63, 3.8) is 0 Å². The van der Waals surface area contributed by atoms with Gasteiger partial charge in [0.05, 0.1) is 5.56 Å². The predicted molar refractivity (Wildman–Crippen MR) is 95.4 cm³/mol. The lowest BCUT2D eigenvalue weighted by molar-refractivity contribution is -0.0503. The van der Waals surface area contributed by atoms with Crippen molar-refractivity contribution in [3.8, 4) is 5.75 Å². The molecule has 1 heterocycles. The summed E-state index contributed by atoms with van der Waals surface area (Å²) >= 11 is 0. The van der Waals surface area contributed by atoms with Crippen LogP contribution >= 0.6 is 0 Å². The standard InChI is InChI=1S/C20H22F2N2O2/c1-15-5-4-6-16(13-15)14-23-9-11-24(12-10-23)19(25)17-7-2-3-8-18(17)26-20(21)22/h2-8,13,20H,9-12,14H2,1H3. The second-order valence-electron chi connectivity index (χ2n) is 6.43. The number of alkyl halides is 2. The molecule has 3 rings (SSSR count). The van der Waals surface area contributed by atoms with Crippen LogP contribution in [0, 0.1) is 6.92 Å². The van der Waals surface area contributed by atoms with E-state index < -0.39 is 6.61 Å². The highest BCUT2D eigenvalue weighted by molar-refractivity contribution is 5.97. The number of amides is 1. The van der Waals surface area contributed by atoms with Crippen LogP contribution in [0.15, 0.2) is 48.5 Å². The summed E-state index contributed by atoms with van der Waals surface area (Å²) in [6.45, 7) is 2.58. The number of nitrogens with zero attached hydrogens (tertiary/aromatic N) is 2. The Labute approximate surface area is 152 Å². The van der Waals surface area contributed by atoms with Gasteiger partial charge < -0.3 is 9.64 Å². The Morgan fingerprint density at radius 1 is 1.08 bits per heavy atom.